The molecular weight excluding hydrogens is 264 g/mol. The highest BCUT2D eigenvalue weighted by Gasteiger charge is 2.25. The van der Waals surface area contributed by atoms with Crippen LogP contribution >= 0.6 is 15.9 Å². The van der Waals surface area contributed by atoms with Gasteiger partial charge in [0.05, 0.1) is 11.1 Å². The Kier molecular flexibility index (Phi) is 2.94. The summed E-state index contributed by atoms with van der Waals surface area (Å²) in [6.45, 7) is 0. The van der Waals surface area contributed by atoms with Crippen LogP contribution in [0.1, 0.15) is 12.1 Å². The maximum Gasteiger partial charge on any atom is 0.309 e. The second kappa shape index (κ2) is 3.82. The first kappa shape index (κ1) is 10.8. The fourth-order valence-corrected chi connectivity index (χ4v) is 1.49. The average molecular weight is 268 g/mol. The summed E-state index contributed by atoms with van der Waals surface area (Å²) in [5.41, 5.74) is 3.68. The van der Waals surface area contributed by atoms with Crippen LogP contribution in [0.2, 0.25) is 0 Å². The van der Waals surface area contributed by atoms with Crippen molar-refractivity contribution in [2.45, 2.75) is 6.43 Å². The maximum absolute atomic E-state index is 12.2. The van der Waals surface area contributed by atoms with Crippen molar-refractivity contribution in [1.82, 2.24) is 4.98 Å². The minimum atomic E-state index is -2.89. The molecule has 0 saturated carbocycles. The largest absolute Gasteiger partial charge is 0.392 e. The minimum Gasteiger partial charge on any atom is -0.392 e. The molecule has 8 heteroatoms. The zero-order valence-electron chi connectivity index (χ0n) is 6.58. The predicted molar refractivity (Wildman–Crippen MR) is 48.0 cm³/mol. The van der Waals surface area contributed by atoms with Gasteiger partial charge in [0, 0.05) is 0 Å². The fourth-order valence-electron chi connectivity index (χ4n) is 0.843. The number of rotatable bonds is 2. The van der Waals surface area contributed by atoms with Gasteiger partial charge in [-0.1, -0.05) is 0 Å². The van der Waals surface area contributed by atoms with Crippen molar-refractivity contribution in [3.05, 3.63) is 26.5 Å². The molecule has 0 unspecified atom stereocenters. The number of nitrogens with zero attached hydrogens (tertiary/aromatic N) is 2. The Morgan fingerprint density at radius 3 is 2.64 bits per heavy atom. The molecule has 0 bridgehead atoms. The number of anilines is 1. The van der Waals surface area contributed by atoms with Gasteiger partial charge in [0.25, 0.3) is 6.43 Å². The summed E-state index contributed by atoms with van der Waals surface area (Å²) in [4.78, 5) is 12.9. The standard InChI is InChI=1S/C6H4BrF2N3O2/c7-3-4(6(8)9)11-1-2(10)5(3)12(13)14/h1,6H,10H2. The summed E-state index contributed by atoms with van der Waals surface area (Å²) in [5.74, 6) is 0. The first-order valence-electron chi connectivity index (χ1n) is 3.31. The lowest BCUT2D eigenvalue weighted by molar-refractivity contribution is -0.384. The molecule has 0 spiro atoms. The molecule has 1 rings (SSSR count). The highest BCUT2D eigenvalue weighted by atomic mass is 79.9. The average Bonchev–Trinajstić information content (AvgIpc) is 2.02. The van der Waals surface area contributed by atoms with Gasteiger partial charge in [-0.2, -0.15) is 0 Å². The highest BCUT2D eigenvalue weighted by Crippen LogP contribution is 2.36. The van der Waals surface area contributed by atoms with E-state index in [-0.39, 0.29) is 10.2 Å². The molecule has 0 radical (unpaired) electrons. The molecule has 0 aliphatic carbocycles. The van der Waals surface area contributed by atoms with Gasteiger partial charge >= 0.3 is 5.69 Å². The van der Waals surface area contributed by atoms with Crippen molar-refractivity contribution in [3.63, 3.8) is 0 Å². The molecule has 2 N–H and O–H groups in total. The SMILES string of the molecule is Nc1cnc(C(F)F)c(Br)c1[N+](=O)[O-]. The first-order chi connectivity index (χ1) is 6.45. The molecule has 0 aliphatic rings. The van der Waals surface area contributed by atoms with Crippen molar-refractivity contribution in [2.75, 3.05) is 5.73 Å². The highest BCUT2D eigenvalue weighted by molar-refractivity contribution is 9.10. The van der Waals surface area contributed by atoms with Gasteiger partial charge in [0.1, 0.15) is 15.9 Å². The second-order valence-corrected chi connectivity index (χ2v) is 3.11. The monoisotopic (exact) mass is 267 g/mol. The summed E-state index contributed by atoms with van der Waals surface area (Å²) in [7, 11) is 0. The van der Waals surface area contributed by atoms with Crippen LogP contribution in [0.4, 0.5) is 20.2 Å². The van der Waals surface area contributed by atoms with Crippen LogP contribution < -0.4 is 5.73 Å². The fraction of sp³-hybridized carbons (Fsp3) is 0.167. The summed E-state index contributed by atoms with van der Waals surface area (Å²) in [6, 6.07) is 0. The molecule has 0 saturated heterocycles. The van der Waals surface area contributed by atoms with Crippen molar-refractivity contribution in [2.24, 2.45) is 0 Å². The first-order valence-corrected chi connectivity index (χ1v) is 4.11. The Morgan fingerprint density at radius 1 is 1.64 bits per heavy atom. The molecule has 0 fully saturated rings. The molecule has 0 aromatic carbocycles. The van der Waals surface area contributed by atoms with Crippen LogP contribution in [0.5, 0.6) is 0 Å². The van der Waals surface area contributed by atoms with Gasteiger partial charge in [-0.3, -0.25) is 15.1 Å². The Balaban J connectivity index is 3.41. The minimum absolute atomic E-state index is 0.258. The van der Waals surface area contributed by atoms with E-state index in [4.69, 9.17) is 5.73 Å². The number of nitro groups is 1. The molecule has 14 heavy (non-hydrogen) atoms. The molecule has 76 valence electrons. The lowest BCUT2D eigenvalue weighted by Crippen LogP contribution is -2.02. The van der Waals surface area contributed by atoms with Gasteiger partial charge in [0.15, 0.2) is 0 Å². The number of pyridine rings is 1. The van der Waals surface area contributed by atoms with Crippen LogP contribution in [0.3, 0.4) is 0 Å². The lowest BCUT2D eigenvalue weighted by Gasteiger charge is -2.04. The number of halogens is 3. The molecule has 1 aromatic rings. The van der Waals surface area contributed by atoms with Gasteiger partial charge in [0.2, 0.25) is 0 Å². The van der Waals surface area contributed by atoms with E-state index in [2.05, 4.69) is 20.9 Å². The lowest BCUT2D eigenvalue weighted by atomic mass is 10.3. The van der Waals surface area contributed by atoms with Gasteiger partial charge in [-0.15, -0.1) is 0 Å². The Hall–Kier alpha value is -1.31. The van der Waals surface area contributed by atoms with E-state index in [0.717, 1.165) is 6.20 Å². The molecule has 1 heterocycles. The Labute approximate surface area is 85.2 Å². The molecular formula is C6H4BrF2N3O2. The zero-order chi connectivity index (χ0) is 10.9. The summed E-state index contributed by atoms with van der Waals surface area (Å²) in [6.07, 6.45) is -2.05. The normalized spacial score (nSPS) is 10.6. The third kappa shape index (κ3) is 1.79. The van der Waals surface area contributed by atoms with E-state index >= 15 is 0 Å². The van der Waals surface area contributed by atoms with E-state index in [1.807, 2.05) is 0 Å². The molecule has 0 aliphatic heterocycles. The van der Waals surface area contributed by atoms with E-state index in [1.54, 1.807) is 0 Å². The Bertz CT molecular complexity index is 386. The van der Waals surface area contributed by atoms with Crippen molar-refractivity contribution in [1.29, 1.82) is 0 Å². The van der Waals surface area contributed by atoms with Crippen LogP contribution in [0.15, 0.2) is 10.7 Å². The van der Waals surface area contributed by atoms with E-state index in [9.17, 15) is 18.9 Å². The Morgan fingerprint density at radius 2 is 2.21 bits per heavy atom. The second-order valence-electron chi connectivity index (χ2n) is 2.32. The van der Waals surface area contributed by atoms with Crippen LogP contribution in [0.25, 0.3) is 0 Å². The van der Waals surface area contributed by atoms with Crippen LogP contribution in [-0.4, -0.2) is 9.91 Å². The summed E-state index contributed by atoms with van der Waals surface area (Å²) >= 11 is 2.67. The zero-order valence-corrected chi connectivity index (χ0v) is 8.16. The van der Waals surface area contributed by atoms with Crippen molar-refractivity contribution < 1.29 is 13.7 Å². The van der Waals surface area contributed by atoms with Gasteiger partial charge < -0.3 is 5.73 Å². The van der Waals surface area contributed by atoms with Gasteiger partial charge in [-0.25, -0.2) is 8.78 Å². The molecule has 1 aromatic heterocycles. The third-order valence-electron chi connectivity index (χ3n) is 1.44. The van der Waals surface area contributed by atoms with Crippen molar-refractivity contribution >= 4 is 27.3 Å². The van der Waals surface area contributed by atoms with E-state index in [1.165, 1.54) is 0 Å². The van der Waals surface area contributed by atoms with Gasteiger partial charge in [-0.05, 0) is 15.9 Å². The molecule has 5 nitrogen and oxygen atoms in total. The third-order valence-corrected chi connectivity index (χ3v) is 2.22. The van der Waals surface area contributed by atoms with Crippen LogP contribution in [-0.2, 0) is 0 Å². The number of nitrogen functional groups attached to an aromatic ring is 1. The number of hydrogen-bond donors (Lipinski definition) is 1. The predicted octanol–water partition coefficient (Wildman–Crippen LogP) is 2.27. The number of aromatic nitrogens is 1. The van der Waals surface area contributed by atoms with E-state index in [0.29, 0.717) is 0 Å². The van der Waals surface area contributed by atoms with Crippen LogP contribution in [0, 0.1) is 10.1 Å². The number of hydrogen-bond acceptors (Lipinski definition) is 4. The molecule has 0 amide bonds. The number of alkyl halides is 2. The molecule has 0 atom stereocenters. The maximum atomic E-state index is 12.2. The van der Waals surface area contributed by atoms with E-state index < -0.39 is 22.7 Å². The number of nitrogens with two attached hydrogens (primary N) is 1. The summed E-state index contributed by atoms with van der Waals surface area (Å²) in [5, 5.41) is 10.4. The smallest absolute Gasteiger partial charge is 0.309 e. The topological polar surface area (TPSA) is 82.0 Å². The quantitative estimate of drug-likeness (QED) is 0.658. The van der Waals surface area contributed by atoms with Crippen molar-refractivity contribution in [3.8, 4) is 0 Å². The summed E-state index contributed by atoms with van der Waals surface area (Å²) < 4.78 is 24.1.